The highest BCUT2D eigenvalue weighted by Gasteiger charge is 2.41. The van der Waals surface area contributed by atoms with Crippen LogP contribution in [-0.2, 0) is 11.3 Å². The van der Waals surface area contributed by atoms with Gasteiger partial charge in [0, 0.05) is 19.7 Å². The van der Waals surface area contributed by atoms with Gasteiger partial charge in [-0.1, -0.05) is 44.2 Å². The van der Waals surface area contributed by atoms with Gasteiger partial charge < -0.3 is 4.74 Å². The summed E-state index contributed by atoms with van der Waals surface area (Å²) in [5.74, 6) is 0. The van der Waals surface area contributed by atoms with E-state index < -0.39 is 0 Å². The lowest BCUT2D eigenvalue weighted by atomic mass is 9.86. The van der Waals surface area contributed by atoms with Crippen molar-refractivity contribution in [3.63, 3.8) is 0 Å². The highest BCUT2D eigenvalue weighted by molar-refractivity contribution is 5.15. The molecular formula is C17H27NO. The average molecular weight is 261 g/mol. The molecule has 0 unspecified atom stereocenters. The Hall–Kier alpha value is -0.860. The minimum absolute atomic E-state index is 0.0330. The highest BCUT2D eigenvalue weighted by atomic mass is 16.5. The maximum atomic E-state index is 5.95. The van der Waals surface area contributed by atoms with Gasteiger partial charge in [-0.25, -0.2) is 0 Å². The van der Waals surface area contributed by atoms with Gasteiger partial charge in [-0.3, -0.25) is 4.90 Å². The Morgan fingerprint density at radius 3 is 2.47 bits per heavy atom. The maximum absolute atomic E-state index is 5.95. The van der Waals surface area contributed by atoms with Crippen LogP contribution in [0.2, 0.25) is 0 Å². The number of likely N-dealkylation sites (tertiary alicyclic amines) is 1. The fourth-order valence-corrected chi connectivity index (χ4v) is 3.58. The summed E-state index contributed by atoms with van der Waals surface area (Å²) < 4.78 is 5.95. The molecule has 1 fully saturated rings. The van der Waals surface area contributed by atoms with E-state index in [-0.39, 0.29) is 5.60 Å². The molecule has 0 saturated carbocycles. The van der Waals surface area contributed by atoms with Gasteiger partial charge in [0.25, 0.3) is 0 Å². The zero-order valence-corrected chi connectivity index (χ0v) is 12.6. The van der Waals surface area contributed by atoms with E-state index in [0.717, 1.165) is 19.4 Å². The van der Waals surface area contributed by atoms with Crippen molar-refractivity contribution in [1.82, 2.24) is 4.90 Å². The van der Waals surface area contributed by atoms with Crippen LogP contribution in [0.25, 0.3) is 0 Å². The second kappa shape index (κ2) is 6.53. The Bertz CT molecular complexity index is 364. The van der Waals surface area contributed by atoms with Crippen molar-refractivity contribution >= 4 is 0 Å². The molecule has 2 nitrogen and oxygen atoms in total. The molecule has 0 spiro atoms. The van der Waals surface area contributed by atoms with Crippen molar-refractivity contribution in [3.05, 3.63) is 35.9 Å². The van der Waals surface area contributed by atoms with Crippen LogP contribution in [0.5, 0.6) is 0 Å². The molecule has 0 aromatic heterocycles. The summed E-state index contributed by atoms with van der Waals surface area (Å²) in [6.07, 6.45) is 4.75. The first-order chi connectivity index (χ1) is 9.25. The lowest BCUT2D eigenvalue weighted by Crippen LogP contribution is -2.50. The maximum Gasteiger partial charge on any atom is 0.0828 e. The first-order valence-electron chi connectivity index (χ1n) is 7.59. The molecule has 1 saturated heterocycles. The number of methoxy groups -OCH3 is 1. The summed E-state index contributed by atoms with van der Waals surface area (Å²) >= 11 is 0. The van der Waals surface area contributed by atoms with Gasteiger partial charge >= 0.3 is 0 Å². The minimum atomic E-state index is 0.0330. The van der Waals surface area contributed by atoms with E-state index in [0.29, 0.717) is 6.04 Å². The van der Waals surface area contributed by atoms with Crippen LogP contribution in [0.1, 0.15) is 45.1 Å². The van der Waals surface area contributed by atoms with Crippen molar-refractivity contribution in [2.75, 3.05) is 13.7 Å². The van der Waals surface area contributed by atoms with E-state index in [9.17, 15) is 0 Å². The van der Waals surface area contributed by atoms with E-state index in [1.807, 2.05) is 7.11 Å². The Morgan fingerprint density at radius 2 is 1.89 bits per heavy atom. The molecule has 106 valence electrons. The molecule has 1 heterocycles. The smallest absolute Gasteiger partial charge is 0.0828 e. The molecule has 0 aliphatic carbocycles. The van der Waals surface area contributed by atoms with Crippen molar-refractivity contribution in [1.29, 1.82) is 0 Å². The molecule has 1 aliphatic heterocycles. The number of ether oxygens (including phenoxy) is 1. The monoisotopic (exact) mass is 261 g/mol. The number of hydrogen-bond acceptors (Lipinski definition) is 2. The van der Waals surface area contributed by atoms with Crippen molar-refractivity contribution in [2.45, 2.75) is 57.7 Å². The van der Waals surface area contributed by atoms with Crippen molar-refractivity contribution in [2.24, 2.45) is 0 Å². The van der Waals surface area contributed by atoms with Gasteiger partial charge in [-0.05, 0) is 37.8 Å². The van der Waals surface area contributed by atoms with Gasteiger partial charge in [-0.2, -0.15) is 0 Å². The van der Waals surface area contributed by atoms with Gasteiger partial charge in [0.1, 0.15) is 0 Å². The van der Waals surface area contributed by atoms with Crippen molar-refractivity contribution in [3.8, 4) is 0 Å². The molecule has 0 amide bonds. The van der Waals surface area contributed by atoms with Crippen LogP contribution in [0.3, 0.4) is 0 Å². The Kier molecular flexibility index (Phi) is 5.00. The lowest BCUT2D eigenvalue weighted by Gasteiger charge is -2.41. The zero-order valence-electron chi connectivity index (χ0n) is 12.6. The number of nitrogens with zero attached hydrogens (tertiary/aromatic N) is 1. The van der Waals surface area contributed by atoms with Crippen LogP contribution in [0.15, 0.2) is 30.3 Å². The van der Waals surface area contributed by atoms with Gasteiger partial charge in [0.05, 0.1) is 5.60 Å². The topological polar surface area (TPSA) is 12.5 Å². The van der Waals surface area contributed by atoms with Crippen LogP contribution >= 0.6 is 0 Å². The van der Waals surface area contributed by atoms with Crippen molar-refractivity contribution < 1.29 is 4.74 Å². The molecule has 0 bridgehead atoms. The first-order valence-corrected chi connectivity index (χ1v) is 7.59. The standard InChI is InChI=1S/C17H27NO/c1-4-17(5-2,19-3)16-12-9-13-18(16)14-15-10-7-6-8-11-15/h6-8,10-11,16H,4-5,9,12-14H2,1-3H3/t16-/m0/s1. The molecule has 1 aliphatic rings. The highest BCUT2D eigenvalue weighted by Crippen LogP contribution is 2.35. The third-order valence-electron chi connectivity index (χ3n) is 4.80. The van der Waals surface area contributed by atoms with Crippen LogP contribution in [0, 0.1) is 0 Å². The molecular weight excluding hydrogens is 234 g/mol. The fourth-order valence-electron chi connectivity index (χ4n) is 3.58. The van der Waals surface area contributed by atoms with Crippen LogP contribution in [-0.4, -0.2) is 30.2 Å². The van der Waals surface area contributed by atoms with Gasteiger partial charge in [0.2, 0.25) is 0 Å². The Balaban J connectivity index is 2.12. The Labute approximate surface area is 117 Å². The van der Waals surface area contributed by atoms with Gasteiger partial charge in [-0.15, -0.1) is 0 Å². The predicted molar refractivity (Wildman–Crippen MR) is 80.2 cm³/mol. The molecule has 2 rings (SSSR count). The predicted octanol–water partition coefficient (Wildman–Crippen LogP) is 3.86. The number of hydrogen-bond donors (Lipinski definition) is 0. The third-order valence-corrected chi connectivity index (χ3v) is 4.80. The van der Waals surface area contributed by atoms with Crippen LogP contribution in [0.4, 0.5) is 0 Å². The minimum Gasteiger partial charge on any atom is -0.377 e. The largest absolute Gasteiger partial charge is 0.377 e. The average Bonchev–Trinajstić information content (AvgIpc) is 2.92. The number of benzene rings is 1. The number of rotatable bonds is 6. The third kappa shape index (κ3) is 3.01. The van der Waals surface area contributed by atoms with E-state index in [1.54, 1.807) is 0 Å². The second-order valence-corrected chi connectivity index (χ2v) is 5.59. The summed E-state index contributed by atoms with van der Waals surface area (Å²) in [7, 11) is 1.88. The zero-order chi connectivity index (χ0) is 13.7. The van der Waals surface area contributed by atoms with Crippen LogP contribution < -0.4 is 0 Å². The van der Waals surface area contributed by atoms with E-state index >= 15 is 0 Å². The summed E-state index contributed by atoms with van der Waals surface area (Å²) in [5, 5.41) is 0. The summed E-state index contributed by atoms with van der Waals surface area (Å²) in [4.78, 5) is 2.62. The van der Waals surface area contributed by atoms with Gasteiger partial charge in [0.15, 0.2) is 0 Å². The molecule has 1 aromatic carbocycles. The van der Waals surface area contributed by atoms with E-state index in [2.05, 4.69) is 49.1 Å². The fraction of sp³-hybridized carbons (Fsp3) is 0.647. The molecule has 1 aromatic rings. The summed E-state index contributed by atoms with van der Waals surface area (Å²) in [6.45, 7) is 6.76. The molecule has 2 heteroatoms. The lowest BCUT2D eigenvalue weighted by molar-refractivity contribution is -0.0752. The molecule has 1 atom stereocenters. The normalized spacial score (nSPS) is 20.9. The quantitative estimate of drug-likeness (QED) is 0.771. The SMILES string of the molecule is CCC(CC)(OC)[C@@H]1CCCN1Cc1ccccc1. The summed E-state index contributed by atoms with van der Waals surface area (Å²) in [5.41, 5.74) is 1.44. The Morgan fingerprint density at radius 1 is 1.21 bits per heavy atom. The van der Waals surface area contributed by atoms with E-state index in [1.165, 1.54) is 24.9 Å². The first kappa shape index (κ1) is 14.5. The molecule has 0 radical (unpaired) electrons. The van der Waals surface area contributed by atoms with E-state index in [4.69, 9.17) is 4.74 Å². The summed E-state index contributed by atoms with van der Waals surface area (Å²) in [6, 6.07) is 11.4. The second-order valence-electron chi connectivity index (χ2n) is 5.59. The molecule has 0 N–H and O–H groups in total. The molecule has 19 heavy (non-hydrogen) atoms.